The Balaban J connectivity index is 2.41. The number of hydrogen-bond donors (Lipinski definition) is 1. The first-order chi connectivity index (χ1) is 10.2. The summed E-state index contributed by atoms with van der Waals surface area (Å²) in [5.41, 5.74) is 0.325. The van der Waals surface area contributed by atoms with Crippen molar-refractivity contribution in [2.45, 2.75) is 5.16 Å². The lowest BCUT2D eigenvalue weighted by molar-refractivity contribution is 0.642. The molecule has 7 heteroatoms. The molecule has 0 aliphatic heterocycles. The molecule has 4 nitrogen and oxygen atoms in total. The molecule has 104 valence electrons. The fourth-order valence-electron chi connectivity index (χ4n) is 2.08. The van der Waals surface area contributed by atoms with Gasteiger partial charge in [0.05, 0.1) is 10.4 Å². The second-order valence-electron chi connectivity index (χ2n) is 4.17. The Hall–Kier alpha value is -2.17. The van der Waals surface area contributed by atoms with Crippen molar-refractivity contribution >= 4 is 33.2 Å². The summed E-state index contributed by atoms with van der Waals surface area (Å²) in [4.78, 5) is 18.8. The molecule has 0 saturated heterocycles. The van der Waals surface area contributed by atoms with Crippen molar-refractivity contribution in [3.05, 3.63) is 45.3 Å². The van der Waals surface area contributed by atoms with Gasteiger partial charge < -0.3 is 4.98 Å². The van der Waals surface area contributed by atoms with Crippen LogP contribution in [0.4, 0.5) is 4.39 Å². The van der Waals surface area contributed by atoms with E-state index in [1.54, 1.807) is 23.8 Å². The second-order valence-corrected chi connectivity index (χ2v) is 5.88. The molecule has 0 saturated carbocycles. The number of aromatic amines is 1. The predicted molar refractivity (Wildman–Crippen MR) is 82.1 cm³/mol. The fourth-order valence-corrected chi connectivity index (χ4v) is 3.29. The van der Waals surface area contributed by atoms with E-state index in [0.29, 0.717) is 20.8 Å². The third kappa shape index (κ3) is 2.22. The molecule has 2 heterocycles. The van der Waals surface area contributed by atoms with Crippen LogP contribution in [0.1, 0.15) is 5.56 Å². The summed E-state index contributed by atoms with van der Waals surface area (Å²) in [6.07, 6.45) is 1.78. The number of hydrogen-bond acceptors (Lipinski definition) is 5. The molecular formula is C14H8FN3OS2. The number of rotatable bonds is 2. The number of nitriles is 1. The molecular weight excluding hydrogens is 309 g/mol. The number of thioether (sulfide) groups is 1. The number of benzene rings is 1. The maximum Gasteiger partial charge on any atom is 0.270 e. The van der Waals surface area contributed by atoms with E-state index in [1.807, 2.05) is 6.07 Å². The summed E-state index contributed by atoms with van der Waals surface area (Å²) in [6.45, 7) is 0. The molecule has 2 aromatic heterocycles. The van der Waals surface area contributed by atoms with Gasteiger partial charge in [0, 0.05) is 10.9 Å². The standard InChI is InChI=1S/C14H8FN3OS2/c1-20-14-17-11(9(6-16)13(19)18-14)7-2-3-10(15)12-8(7)4-5-21-12/h2-5H,1H3,(H,17,18,19). The highest BCUT2D eigenvalue weighted by Gasteiger charge is 2.17. The van der Waals surface area contributed by atoms with Crippen molar-refractivity contribution in [2.75, 3.05) is 6.26 Å². The van der Waals surface area contributed by atoms with Crippen molar-refractivity contribution in [1.29, 1.82) is 5.26 Å². The van der Waals surface area contributed by atoms with Crippen molar-refractivity contribution < 1.29 is 4.39 Å². The fraction of sp³-hybridized carbons (Fsp3) is 0.0714. The zero-order valence-electron chi connectivity index (χ0n) is 10.8. The summed E-state index contributed by atoms with van der Waals surface area (Å²) in [7, 11) is 0. The van der Waals surface area contributed by atoms with Gasteiger partial charge in [-0.25, -0.2) is 9.37 Å². The highest BCUT2D eigenvalue weighted by atomic mass is 32.2. The van der Waals surface area contributed by atoms with Crippen LogP contribution in [-0.4, -0.2) is 16.2 Å². The van der Waals surface area contributed by atoms with Crippen molar-refractivity contribution in [3.8, 4) is 17.3 Å². The summed E-state index contributed by atoms with van der Waals surface area (Å²) in [5, 5.41) is 12.1. The molecule has 1 aromatic carbocycles. The van der Waals surface area contributed by atoms with Crippen molar-refractivity contribution in [1.82, 2.24) is 9.97 Å². The Morgan fingerprint density at radius 2 is 2.24 bits per heavy atom. The van der Waals surface area contributed by atoms with Gasteiger partial charge in [0.2, 0.25) is 0 Å². The van der Waals surface area contributed by atoms with Crippen molar-refractivity contribution in [3.63, 3.8) is 0 Å². The topological polar surface area (TPSA) is 69.5 Å². The molecule has 0 radical (unpaired) electrons. The van der Waals surface area contributed by atoms with Crippen molar-refractivity contribution in [2.24, 2.45) is 0 Å². The van der Waals surface area contributed by atoms with Gasteiger partial charge in [0.1, 0.15) is 17.4 Å². The third-order valence-corrected chi connectivity index (χ3v) is 4.53. The van der Waals surface area contributed by atoms with Crippen LogP contribution in [0.25, 0.3) is 21.3 Å². The largest absolute Gasteiger partial charge is 0.300 e. The first-order valence-corrected chi connectivity index (χ1v) is 8.00. The number of nitrogens with zero attached hydrogens (tertiary/aromatic N) is 2. The second kappa shape index (κ2) is 5.31. The Morgan fingerprint density at radius 3 is 2.95 bits per heavy atom. The Labute approximate surface area is 127 Å². The molecule has 0 unspecified atom stereocenters. The summed E-state index contributed by atoms with van der Waals surface area (Å²) < 4.78 is 14.3. The van der Waals surface area contributed by atoms with Crippen LogP contribution in [0.5, 0.6) is 0 Å². The molecule has 0 bridgehead atoms. The maximum atomic E-state index is 13.8. The zero-order chi connectivity index (χ0) is 15.0. The molecule has 3 rings (SSSR count). The van der Waals surface area contributed by atoms with Gasteiger partial charge in [0.15, 0.2) is 5.16 Å². The van der Waals surface area contributed by atoms with Crippen LogP contribution in [0.15, 0.2) is 33.5 Å². The quantitative estimate of drug-likeness (QED) is 0.581. The van der Waals surface area contributed by atoms with Crippen LogP contribution >= 0.6 is 23.1 Å². The average molecular weight is 317 g/mol. The van der Waals surface area contributed by atoms with Crippen LogP contribution in [0.3, 0.4) is 0 Å². The number of halogens is 1. The average Bonchev–Trinajstić information content (AvgIpc) is 2.97. The molecule has 0 spiro atoms. The predicted octanol–water partition coefficient (Wildman–Crippen LogP) is 3.38. The van der Waals surface area contributed by atoms with Crippen LogP contribution in [0, 0.1) is 17.1 Å². The van der Waals surface area contributed by atoms with E-state index in [4.69, 9.17) is 0 Å². The minimum Gasteiger partial charge on any atom is -0.300 e. The lowest BCUT2D eigenvalue weighted by Gasteiger charge is -2.07. The molecule has 0 amide bonds. The summed E-state index contributed by atoms with van der Waals surface area (Å²) >= 11 is 2.55. The van der Waals surface area contributed by atoms with E-state index in [9.17, 15) is 14.4 Å². The van der Waals surface area contributed by atoms with Gasteiger partial charge in [0.25, 0.3) is 5.56 Å². The van der Waals surface area contributed by atoms with E-state index in [-0.39, 0.29) is 17.1 Å². The molecule has 0 aliphatic rings. The molecule has 0 fully saturated rings. The number of thiophene rings is 1. The first-order valence-electron chi connectivity index (χ1n) is 5.90. The highest BCUT2D eigenvalue weighted by Crippen LogP contribution is 2.33. The minimum atomic E-state index is -0.487. The molecule has 0 atom stereocenters. The van der Waals surface area contributed by atoms with Gasteiger partial charge in [-0.2, -0.15) is 5.26 Å². The van der Waals surface area contributed by atoms with Crippen LogP contribution in [0.2, 0.25) is 0 Å². The smallest absolute Gasteiger partial charge is 0.270 e. The van der Waals surface area contributed by atoms with E-state index in [0.717, 1.165) is 0 Å². The number of nitrogens with one attached hydrogen (secondary N) is 1. The van der Waals surface area contributed by atoms with Gasteiger partial charge in [-0.1, -0.05) is 11.8 Å². The monoisotopic (exact) mass is 317 g/mol. The lowest BCUT2D eigenvalue weighted by atomic mass is 10.0. The number of fused-ring (bicyclic) bond motifs is 1. The first kappa shape index (κ1) is 13.8. The Kier molecular flexibility index (Phi) is 3.49. The minimum absolute atomic E-state index is 0.0630. The highest BCUT2D eigenvalue weighted by molar-refractivity contribution is 7.98. The normalized spacial score (nSPS) is 10.7. The molecule has 3 aromatic rings. The van der Waals surface area contributed by atoms with Gasteiger partial charge in [-0.05, 0) is 29.8 Å². The van der Waals surface area contributed by atoms with Gasteiger partial charge in [-0.15, -0.1) is 11.3 Å². The van der Waals surface area contributed by atoms with E-state index in [1.165, 1.54) is 29.2 Å². The number of aromatic nitrogens is 2. The summed E-state index contributed by atoms with van der Waals surface area (Å²) in [5.74, 6) is -0.322. The number of H-pyrrole nitrogens is 1. The maximum absolute atomic E-state index is 13.8. The Bertz CT molecular complexity index is 940. The third-order valence-electron chi connectivity index (χ3n) is 3.03. The molecule has 21 heavy (non-hydrogen) atoms. The lowest BCUT2D eigenvalue weighted by Crippen LogP contribution is -2.14. The van der Waals surface area contributed by atoms with Crippen LogP contribution < -0.4 is 5.56 Å². The van der Waals surface area contributed by atoms with Gasteiger partial charge in [-0.3, -0.25) is 4.79 Å². The molecule has 1 N–H and O–H groups in total. The van der Waals surface area contributed by atoms with E-state index in [2.05, 4.69) is 9.97 Å². The zero-order valence-corrected chi connectivity index (χ0v) is 12.4. The van der Waals surface area contributed by atoms with E-state index >= 15 is 0 Å². The van der Waals surface area contributed by atoms with E-state index < -0.39 is 5.56 Å². The van der Waals surface area contributed by atoms with Gasteiger partial charge >= 0.3 is 0 Å². The Morgan fingerprint density at radius 1 is 1.43 bits per heavy atom. The molecule has 0 aliphatic carbocycles. The SMILES string of the molecule is CSc1nc(-c2ccc(F)c3sccc23)c(C#N)c(=O)[nH]1. The summed E-state index contributed by atoms with van der Waals surface area (Å²) in [6, 6.07) is 6.53. The van der Waals surface area contributed by atoms with Crippen LogP contribution in [-0.2, 0) is 0 Å².